The lowest BCUT2D eigenvalue weighted by Gasteiger charge is -2.09. The summed E-state index contributed by atoms with van der Waals surface area (Å²) in [4.78, 5) is 3.89. The highest BCUT2D eigenvalue weighted by Gasteiger charge is 2.29. The first-order valence-corrected chi connectivity index (χ1v) is 5.36. The van der Waals surface area contributed by atoms with E-state index in [9.17, 15) is 13.2 Å². The Morgan fingerprint density at radius 3 is 2.11 bits per heavy atom. The molecule has 0 saturated heterocycles. The van der Waals surface area contributed by atoms with Crippen molar-refractivity contribution in [2.45, 2.75) is 12.7 Å². The maximum Gasteiger partial charge on any atom is 0.416 e. The lowest BCUT2D eigenvalue weighted by molar-refractivity contribution is -0.137. The molecule has 0 atom stereocenters. The van der Waals surface area contributed by atoms with Crippen LogP contribution in [-0.4, -0.2) is 4.98 Å². The van der Waals surface area contributed by atoms with E-state index in [0.717, 1.165) is 17.7 Å². The van der Waals surface area contributed by atoms with Crippen LogP contribution in [0.1, 0.15) is 11.1 Å². The molecule has 0 aliphatic rings. The molecule has 2 rings (SSSR count). The van der Waals surface area contributed by atoms with Crippen LogP contribution in [0.3, 0.4) is 0 Å². The summed E-state index contributed by atoms with van der Waals surface area (Å²) in [6.45, 7) is 0.549. The number of nitrogens with zero attached hydrogens (tertiary/aromatic N) is 1. The summed E-state index contributed by atoms with van der Waals surface area (Å²) in [6.07, 6.45) is -0.947. The van der Waals surface area contributed by atoms with Gasteiger partial charge in [0.25, 0.3) is 0 Å². The molecule has 0 radical (unpaired) electrons. The molecule has 1 aromatic heterocycles. The Morgan fingerprint density at radius 2 is 1.56 bits per heavy atom. The highest BCUT2D eigenvalue weighted by atomic mass is 19.4. The van der Waals surface area contributed by atoms with Gasteiger partial charge in [-0.05, 0) is 42.0 Å². The number of pyridine rings is 1. The molecule has 0 aliphatic carbocycles. The van der Waals surface area contributed by atoms with Gasteiger partial charge in [-0.3, -0.25) is 4.98 Å². The van der Waals surface area contributed by atoms with Crippen LogP contribution in [0.25, 0.3) is 0 Å². The van der Waals surface area contributed by atoms with E-state index >= 15 is 0 Å². The van der Waals surface area contributed by atoms with E-state index < -0.39 is 11.7 Å². The first-order valence-electron chi connectivity index (χ1n) is 5.36. The van der Waals surface area contributed by atoms with Gasteiger partial charge in [0, 0.05) is 24.6 Å². The number of alkyl halides is 3. The van der Waals surface area contributed by atoms with Gasteiger partial charge in [-0.2, -0.15) is 13.2 Å². The molecule has 0 amide bonds. The molecule has 0 unspecified atom stereocenters. The second kappa shape index (κ2) is 5.08. The van der Waals surface area contributed by atoms with E-state index in [0.29, 0.717) is 12.2 Å². The van der Waals surface area contributed by atoms with Crippen molar-refractivity contribution < 1.29 is 13.2 Å². The highest BCUT2D eigenvalue weighted by Crippen LogP contribution is 2.29. The molecule has 5 heteroatoms. The minimum absolute atomic E-state index is 0.549. The smallest absolute Gasteiger partial charge is 0.381 e. The molecule has 0 spiro atoms. The topological polar surface area (TPSA) is 24.9 Å². The van der Waals surface area contributed by atoms with Crippen molar-refractivity contribution >= 4 is 5.69 Å². The fraction of sp³-hybridized carbons (Fsp3) is 0.154. The lowest BCUT2D eigenvalue weighted by Crippen LogP contribution is -2.05. The van der Waals surface area contributed by atoms with Crippen molar-refractivity contribution in [1.29, 1.82) is 0 Å². The lowest BCUT2D eigenvalue weighted by atomic mass is 10.2. The second-order valence-corrected chi connectivity index (χ2v) is 3.78. The number of rotatable bonds is 3. The normalized spacial score (nSPS) is 11.3. The maximum absolute atomic E-state index is 12.3. The third kappa shape index (κ3) is 3.23. The van der Waals surface area contributed by atoms with Gasteiger partial charge in [-0.1, -0.05) is 0 Å². The molecule has 0 saturated carbocycles. The zero-order chi connectivity index (χ0) is 13.0. The summed E-state index contributed by atoms with van der Waals surface area (Å²) in [5.74, 6) is 0. The van der Waals surface area contributed by atoms with Crippen molar-refractivity contribution in [2.24, 2.45) is 0 Å². The van der Waals surface area contributed by atoms with Crippen LogP contribution in [0.5, 0.6) is 0 Å². The first kappa shape index (κ1) is 12.4. The molecule has 94 valence electrons. The number of hydrogen-bond donors (Lipinski definition) is 1. The third-order valence-corrected chi connectivity index (χ3v) is 2.46. The van der Waals surface area contributed by atoms with Gasteiger partial charge in [0.2, 0.25) is 0 Å². The Kier molecular flexibility index (Phi) is 3.50. The van der Waals surface area contributed by atoms with E-state index in [2.05, 4.69) is 10.3 Å². The van der Waals surface area contributed by atoms with Crippen molar-refractivity contribution in [3.05, 3.63) is 59.9 Å². The van der Waals surface area contributed by atoms with Crippen molar-refractivity contribution in [3.63, 3.8) is 0 Å². The molecule has 0 bridgehead atoms. The number of halogens is 3. The Balaban J connectivity index is 1.99. The quantitative estimate of drug-likeness (QED) is 0.900. The zero-order valence-corrected chi connectivity index (χ0v) is 9.41. The minimum atomic E-state index is -4.29. The second-order valence-electron chi connectivity index (χ2n) is 3.78. The van der Waals surface area contributed by atoms with Crippen LogP contribution in [0.2, 0.25) is 0 Å². The van der Waals surface area contributed by atoms with Crippen LogP contribution in [0.15, 0.2) is 48.8 Å². The Morgan fingerprint density at radius 1 is 0.944 bits per heavy atom. The summed E-state index contributed by atoms with van der Waals surface area (Å²) in [5.41, 5.74) is 1.03. The minimum Gasteiger partial charge on any atom is -0.381 e. The molecule has 1 heterocycles. The Bertz CT molecular complexity index is 492. The van der Waals surface area contributed by atoms with Crippen molar-refractivity contribution in [2.75, 3.05) is 5.32 Å². The van der Waals surface area contributed by atoms with E-state index in [1.54, 1.807) is 12.4 Å². The summed E-state index contributed by atoms with van der Waals surface area (Å²) in [7, 11) is 0. The third-order valence-electron chi connectivity index (χ3n) is 2.46. The summed E-state index contributed by atoms with van der Waals surface area (Å²) >= 11 is 0. The Hall–Kier alpha value is -2.04. The van der Waals surface area contributed by atoms with Crippen LogP contribution < -0.4 is 5.32 Å². The fourth-order valence-electron chi connectivity index (χ4n) is 1.48. The molecule has 2 nitrogen and oxygen atoms in total. The van der Waals surface area contributed by atoms with Gasteiger partial charge in [-0.25, -0.2) is 0 Å². The number of anilines is 1. The SMILES string of the molecule is FC(F)(F)c1ccc(NCc2ccncc2)cc1. The standard InChI is InChI=1S/C13H11F3N2/c14-13(15,16)11-1-3-12(4-2-11)18-9-10-5-7-17-8-6-10/h1-8,18H,9H2. The van der Waals surface area contributed by atoms with Crippen LogP contribution in [-0.2, 0) is 12.7 Å². The van der Waals surface area contributed by atoms with Gasteiger partial charge in [0.1, 0.15) is 0 Å². The van der Waals surface area contributed by atoms with Crippen molar-refractivity contribution in [3.8, 4) is 0 Å². The Labute approximate surface area is 102 Å². The van der Waals surface area contributed by atoms with Gasteiger partial charge >= 0.3 is 6.18 Å². The highest BCUT2D eigenvalue weighted by molar-refractivity contribution is 5.45. The van der Waals surface area contributed by atoms with E-state index in [1.807, 2.05) is 12.1 Å². The van der Waals surface area contributed by atoms with Crippen molar-refractivity contribution in [1.82, 2.24) is 4.98 Å². The number of nitrogens with one attached hydrogen (secondary N) is 1. The van der Waals surface area contributed by atoms with E-state index in [1.165, 1.54) is 12.1 Å². The molecule has 0 aliphatic heterocycles. The molecule has 0 fully saturated rings. The van der Waals surface area contributed by atoms with Gasteiger partial charge < -0.3 is 5.32 Å². The molecular formula is C13H11F3N2. The monoisotopic (exact) mass is 252 g/mol. The molecule has 2 aromatic rings. The van der Waals surface area contributed by atoms with Gasteiger partial charge in [0.15, 0.2) is 0 Å². The number of benzene rings is 1. The van der Waals surface area contributed by atoms with Crippen LogP contribution in [0.4, 0.5) is 18.9 Å². The predicted octanol–water partition coefficient (Wildman–Crippen LogP) is 3.71. The zero-order valence-electron chi connectivity index (χ0n) is 9.41. The van der Waals surface area contributed by atoms with E-state index in [4.69, 9.17) is 0 Å². The molecule has 18 heavy (non-hydrogen) atoms. The first-order chi connectivity index (χ1) is 8.55. The predicted molar refractivity (Wildman–Crippen MR) is 63.0 cm³/mol. The number of hydrogen-bond acceptors (Lipinski definition) is 2. The summed E-state index contributed by atoms with van der Waals surface area (Å²) in [5, 5.41) is 3.04. The fourth-order valence-corrected chi connectivity index (χ4v) is 1.48. The largest absolute Gasteiger partial charge is 0.416 e. The molecular weight excluding hydrogens is 241 g/mol. The van der Waals surface area contributed by atoms with Gasteiger partial charge in [-0.15, -0.1) is 0 Å². The number of aromatic nitrogens is 1. The summed E-state index contributed by atoms with van der Waals surface area (Å²) < 4.78 is 37.0. The van der Waals surface area contributed by atoms with E-state index in [-0.39, 0.29) is 0 Å². The van der Waals surface area contributed by atoms with Gasteiger partial charge in [0.05, 0.1) is 5.56 Å². The molecule has 1 aromatic carbocycles. The maximum atomic E-state index is 12.3. The average molecular weight is 252 g/mol. The summed E-state index contributed by atoms with van der Waals surface area (Å²) in [6, 6.07) is 8.66. The average Bonchev–Trinajstić information content (AvgIpc) is 2.37. The molecule has 1 N–H and O–H groups in total. The van der Waals surface area contributed by atoms with Crippen LogP contribution >= 0.6 is 0 Å². The van der Waals surface area contributed by atoms with Crippen LogP contribution in [0, 0.1) is 0 Å².